The van der Waals surface area contributed by atoms with E-state index in [0.29, 0.717) is 0 Å². The van der Waals surface area contributed by atoms with Gasteiger partial charge in [0.2, 0.25) is 5.91 Å². The smallest absolute Gasteiger partial charge is 0.220 e. The third-order valence-corrected chi connectivity index (χ3v) is 7.74. The van der Waals surface area contributed by atoms with Gasteiger partial charge < -0.3 is 11.1 Å². The van der Waals surface area contributed by atoms with Crippen LogP contribution in [0, 0.1) is 5.92 Å². The third-order valence-electron chi connectivity index (χ3n) is 7.74. The highest BCUT2D eigenvalue weighted by molar-refractivity contribution is 8.28. The van der Waals surface area contributed by atoms with Crippen LogP contribution in [0.4, 0.5) is 0 Å². The minimum Gasteiger partial charge on any atom is -0.369 e. The molecule has 1 aliphatic heterocycles. The maximum Gasteiger partial charge on any atom is 0.220 e. The summed E-state index contributed by atoms with van der Waals surface area (Å²) in [4.78, 5) is 10.5. The molecular weight excluding hydrogens is 451 g/mol. The van der Waals surface area contributed by atoms with Gasteiger partial charge in [-0.3, -0.25) is 4.79 Å². The van der Waals surface area contributed by atoms with Crippen LogP contribution in [0.3, 0.4) is 0 Å². The van der Waals surface area contributed by atoms with Gasteiger partial charge in [0, 0.05) is 226 Å². The largest absolute Gasteiger partial charge is 0.369 e. The molecule has 3 N–H and O–H groups in total. The van der Waals surface area contributed by atoms with Gasteiger partial charge in [-0.2, -0.15) is 0 Å². The molecule has 0 bridgehead atoms. The third kappa shape index (κ3) is 12.8. The van der Waals surface area contributed by atoms with Crippen molar-refractivity contribution in [3.8, 4) is 0 Å². The quantitative estimate of drug-likeness (QED) is 0.237. The first-order valence-electron chi connectivity index (χ1n) is 13.3. The lowest BCUT2D eigenvalue weighted by molar-refractivity contribution is -0.122. The molecule has 1 heterocycles. The van der Waals surface area contributed by atoms with E-state index in [1.165, 1.54) is 7.06 Å². The monoisotopic (exact) mass is 469 g/mol. The van der Waals surface area contributed by atoms with Crippen molar-refractivity contribution in [1.82, 2.24) is 5.32 Å². The summed E-state index contributed by atoms with van der Waals surface area (Å²) in [6, 6.07) is 0. The first kappa shape index (κ1) is 41.4. The molecule has 0 aromatic heterocycles. The van der Waals surface area contributed by atoms with Crippen molar-refractivity contribution >= 4 is 226 Å². The van der Waals surface area contributed by atoms with E-state index in [2.05, 4.69) is 5.32 Å². The van der Waals surface area contributed by atoms with Crippen LogP contribution in [0.15, 0.2) is 0 Å². The number of primary amides is 1. The number of hydrogen-bond acceptors (Lipinski definition) is 2. The van der Waals surface area contributed by atoms with Crippen molar-refractivity contribution in [2.45, 2.75) is 12.8 Å². The first-order chi connectivity index (χ1) is 18.4. The topological polar surface area (TPSA) is 55.1 Å². The predicted molar refractivity (Wildman–Crippen MR) is 213 cm³/mol. The number of amides is 1. The molecule has 1 amide bonds. The predicted octanol–water partition coefficient (Wildman–Crippen LogP) is -12.3. The highest BCUT2D eigenvalue weighted by Crippen LogP contribution is 2.15. The molecule has 33 radical (unpaired) electrons. The molecule has 0 aromatic carbocycles. The SMILES string of the molecule is NC(=O)C1CCNCC1.[B][B]B([B])B(B([B])[B])B(B(B([B])[B])B([B])[B])B(B(B([B])[B])B([B])[B])B(B([B])[B])B([B])[B]. The summed E-state index contributed by atoms with van der Waals surface area (Å²) in [7, 11) is 98.1. The fourth-order valence-corrected chi connectivity index (χ4v) is 5.85. The van der Waals surface area contributed by atoms with Crippen molar-refractivity contribution < 1.29 is 4.79 Å². The minimum atomic E-state index is -1.07. The van der Waals surface area contributed by atoms with E-state index in [1.807, 2.05) is 0 Å². The van der Waals surface area contributed by atoms with Gasteiger partial charge in [-0.15, -0.1) is 0 Å². The van der Waals surface area contributed by atoms with Gasteiger partial charge in [-0.1, -0.05) is 0 Å². The van der Waals surface area contributed by atoms with Crippen molar-refractivity contribution in [2.75, 3.05) is 13.1 Å². The Kier molecular flexibility index (Phi) is 21.2. The maximum absolute atomic E-state index is 10.5. The Morgan fingerprint density at radius 3 is 1.02 bits per heavy atom. The summed E-state index contributed by atoms with van der Waals surface area (Å²) in [5.41, 5.74) is 5.10. The Labute approximate surface area is 272 Å². The molecule has 0 aromatic rings. The van der Waals surface area contributed by atoms with Gasteiger partial charge in [0.15, 0.2) is 0 Å². The minimum absolute atomic E-state index is 0.131. The summed E-state index contributed by atoms with van der Waals surface area (Å²) >= 11 is 0. The number of nitrogens with one attached hydrogen (secondary N) is 1. The van der Waals surface area contributed by atoms with Crippen molar-refractivity contribution in [3.63, 3.8) is 0 Å². The number of rotatable bonds is 15. The highest BCUT2D eigenvalue weighted by atomic mass is 16.1. The average molecular weight is 463 g/mol. The Morgan fingerprint density at radius 1 is 0.550 bits per heavy atom. The van der Waals surface area contributed by atoms with E-state index in [0.717, 1.165) is 25.9 Å². The molecule has 1 rings (SSSR count). The van der Waals surface area contributed by atoms with E-state index in [1.54, 1.807) is 0 Å². The molecule has 1 aliphatic rings. The number of carbonyl (C=O) groups excluding carboxylic acids is 1. The summed E-state index contributed by atoms with van der Waals surface area (Å²) in [5, 5.41) is 3.16. The van der Waals surface area contributed by atoms with Gasteiger partial charge in [-0.05, 0) is 25.9 Å². The van der Waals surface area contributed by atoms with Crippen LogP contribution < -0.4 is 11.1 Å². The maximum atomic E-state index is 10.5. The van der Waals surface area contributed by atoms with E-state index < -0.39 is 89.4 Å². The van der Waals surface area contributed by atoms with Gasteiger partial charge in [0.1, 0.15) is 0 Å². The second kappa shape index (κ2) is 20.5. The van der Waals surface area contributed by atoms with Gasteiger partial charge in [-0.25, -0.2) is 0 Å². The standard InChI is InChI=1S/C6H12N2O.B31/c7-6(9)5-1-3-8-4-2-5;1-17-25(16)29(24(14)15)31(28(22(10)11)23(12)13)30(26(18(2)3)19(4)5)27(20(6)7)21(8)9/h5,8H,1-4H2,(H2,7,9);. The molecule has 145 valence electrons. The summed E-state index contributed by atoms with van der Waals surface area (Å²) < 4.78 is 0. The summed E-state index contributed by atoms with van der Waals surface area (Å²) in [5.74, 6) is -0.0113. The number of carbonyl (C=O) groups is 1. The lowest BCUT2D eigenvalue weighted by Gasteiger charge is -2.50. The molecule has 34 heteroatoms. The molecule has 0 aliphatic carbocycles. The van der Waals surface area contributed by atoms with E-state index in [-0.39, 0.29) is 11.8 Å². The first-order valence-corrected chi connectivity index (χ1v) is 13.3. The van der Waals surface area contributed by atoms with Gasteiger partial charge in [0.05, 0.1) is 0 Å². The Morgan fingerprint density at radius 2 is 0.825 bits per heavy atom. The average Bonchev–Trinajstić information content (AvgIpc) is 2.82. The van der Waals surface area contributed by atoms with E-state index in [4.69, 9.17) is 130 Å². The van der Waals surface area contributed by atoms with Crippen LogP contribution in [0.2, 0.25) is 0 Å². The number of hydrogen-bond donors (Lipinski definition) is 2. The molecule has 0 atom stereocenters. The molecule has 1 fully saturated rings. The van der Waals surface area contributed by atoms with Crippen LogP contribution in [0.1, 0.15) is 12.8 Å². The fourth-order valence-electron chi connectivity index (χ4n) is 5.85. The van der Waals surface area contributed by atoms with Gasteiger partial charge in [0.25, 0.3) is 0 Å². The second-order valence-electron chi connectivity index (χ2n) is 10.7. The number of piperidine rings is 1. The Balaban J connectivity index is 0.00000141. The summed E-state index contributed by atoms with van der Waals surface area (Å²) in [6.07, 6.45) is -11.6. The van der Waals surface area contributed by atoms with Crippen molar-refractivity contribution in [1.29, 1.82) is 0 Å². The Hall–Kier alpha value is 1.44. The zero-order valence-electron chi connectivity index (χ0n) is 23.3. The van der Waals surface area contributed by atoms with Crippen molar-refractivity contribution in [3.05, 3.63) is 0 Å². The molecule has 3 nitrogen and oxygen atoms in total. The summed E-state index contributed by atoms with van der Waals surface area (Å²) in [6.45, 7) is 1.88. The van der Waals surface area contributed by atoms with Crippen LogP contribution in [0.5, 0.6) is 0 Å². The normalized spacial score (nSPS) is 12.2. The molecular formula is C6H12B31N2O. The zero-order chi connectivity index (χ0) is 31.5. The van der Waals surface area contributed by atoms with Crippen LogP contribution >= 0.6 is 0 Å². The molecule has 0 unspecified atom stereocenters. The van der Waals surface area contributed by atoms with Crippen LogP contribution in [-0.2, 0) is 4.79 Å². The van der Waals surface area contributed by atoms with Crippen LogP contribution in [-0.4, -0.2) is 239 Å². The van der Waals surface area contributed by atoms with Gasteiger partial charge >= 0.3 is 0 Å². The van der Waals surface area contributed by atoms with Crippen molar-refractivity contribution in [2.24, 2.45) is 11.7 Å². The van der Waals surface area contributed by atoms with Crippen LogP contribution in [0.25, 0.3) is 0 Å². The lowest BCUT2D eigenvalue weighted by Crippen LogP contribution is -2.89. The lowest BCUT2D eigenvalue weighted by atomic mass is 8.31. The van der Waals surface area contributed by atoms with E-state index in [9.17, 15) is 4.79 Å². The fraction of sp³-hybridized carbons (Fsp3) is 0.833. The van der Waals surface area contributed by atoms with E-state index >= 15 is 0 Å². The molecule has 0 saturated carbocycles. The highest BCUT2D eigenvalue weighted by Gasteiger charge is 2.52. The second-order valence-corrected chi connectivity index (χ2v) is 10.7. The Bertz CT molecular complexity index is 639. The molecule has 40 heavy (non-hydrogen) atoms. The molecule has 0 spiro atoms. The number of nitrogens with two attached hydrogens (primary N) is 1. The molecule has 1 saturated heterocycles. The zero-order valence-corrected chi connectivity index (χ0v) is 23.3.